The molecule has 15 rings (SSSR count). The molecular weight excluding hydrogens is 1950 g/mol. The maximum Gasteiger partial charge on any atom is 0.276 e. The number of nitrogen functional groups attached to an aromatic ring is 2. The summed E-state index contributed by atoms with van der Waals surface area (Å²) in [6.07, 6.45) is 8.40. The van der Waals surface area contributed by atoms with Gasteiger partial charge in [0.1, 0.15) is 61.9 Å². The molecule has 12 heterocycles. The molecule has 3 aromatic carbocycles. The van der Waals surface area contributed by atoms with Gasteiger partial charge in [0.15, 0.2) is 46.5 Å². The van der Waals surface area contributed by atoms with Gasteiger partial charge in [-0.15, -0.1) is 0 Å². The van der Waals surface area contributed by atoms with Crippen LogP contribution in [0.3, 0.4) is 0 Å². The van der Waals surface area contributed by atoms with Gasteiger partial charge in [-0.25, -0.2) is 54.5 Å². The Morgan fingerprint density at radius 1 is 0.399 bits per heavy atom. The zero-order valence-electron chi connectivity index (χ0n) is 75.6. The summed E-state index contributed by atoms with van der Waals surface area (Å²) < 4.78 is 136. The van der Waals surface area contributed by atoms with Crippen molar-refractivity contribution >= 4 is 160 Å². The molecule has 714 valence electrons. The van der Waals surface area contributed by atoms with Crippen molar-refractivity contribution in [1.82, 2.24) is 58.3 Å². The fourth-order valence-corrected chi connectivity index (χ4v) is 19.2. The normalized spacial score (nSPS) is 15.0. The first-order valence-corrected chi connectivity index (χ1v) is 45.1. The molecule has 3 aliphatic heterocycles. The van der Waals surface area contributed by atoms with Crippen molar-refractivity contribution in [2.75, 3.05) is 85.1 Å². The van der Waals surface area contributed by atoms with Crippen molar-refractivity contribution in [2.24, 2.45) is 0 Å². The Bertz CT molecular complexity index is 6790. The summed E-state index contributed by atoms with van der Waals surface area (Å²) in [5.41, 5.74) is 9.10. The number of carbonyl (C=O) groups is 3. The highest BCUT2D eigenvalue weighted by Crippen LogP contribution is 2.49. The molecule has 9 aromatic heterocycles. The highest BCUT2D eigenvalue weighted by Gasteiger charge is 2.40. The molecule has 3 aliphatic rings. The second kappa shape index (κ2) is 40.4. The summed E-state index contributed by atoms with van der Waals surface area (Å²) in [6.45, 7) is 34.8. The quantitative estimate of drug-likeness (QED) is 0.0316. The number of halogens is 16. The molecule has 0 radical (unpaired) electrons. The highest BCUT2D eigenvalue weighted by atomic mass is 35.5. The number of nitrogens with zero attached hydrogens (tertiary/aromatic N) is 18. The maximum absolute atomic E-state index is 15.6. The number of nitrogens with two attached hydrogens (primary N) is 2. The van der Waals surface area contributed by atoms with Crippen LogP contribution in [0, 0.1) is 107 Å². The molecule has 4 N–H and O–H groups in total. The predicted octanol–water partition coefficient (Wildman–Crippen LogP) is 19.9. The Hall–Kier alpha value is -13.3. The van der Waals surface area contributed by atoms with Gasteiger partial charge >= 0.3 is 0 Å². The molecule has 3 fully saturated rings. The van der Waals surface area contributed by atoms with E-state index in [0.717, 1.165) is 4.57 Å². The number of pyridine rings is 9. The summed E-state index contributed by atoms with van der Waals surface area (Å²) in [4.78, 5) is 118. The third-order valence-electron chi connectivity index (χ3n) is 24.1. The third-order valence-corrected chi connectivity index (χ3v) is 26.4. The number of carbonyl (C=O) groups excluding carboxylic acids is 3. The Morgan fingerprint density at radius 3 is 0.986 bits per heavy atom. The van der Waals surface area contributed by atoms with Gasteiger partial charge in [-0.05, 0) is 131 Å². The van der Waals surface area contributed by atoms with Gasteiger partial charge in [0.05, 0.1) is 116 Å². The molecule has 0 saturated carbocycles. The van der Waals surface area contributed by atoms with Gasteiger partial charge in [-0.2, -0.15) is 15.8 Å². The van der Waals surface area contributed by atoms with Crippen LogP contribution in [0.15, 0.2) is 107 Å². The third kappa shape index (κ3) is 17.8. The molecule has 3 amide bonds. The molecule has 26 nitrogen and oxygen atoms in total. The number of fused-ring (bicyclic) bond motifs is 3. The lowest BCUT2D eigenvalue weighted by Crippen LogP contribution is -2.54. The SMILES string of the molecule is C=CC(=O)N1CCN(c2c(C#N)c(=O)n(-c3c(C)ccnc3C(C)C)c3nc(-c4c(Cl)c(N)c(F)c(F)c4Cl)c(Cl)cc23)C[C@H]1C.C=CC(=O)N1CCN(c2c(C#N)c(=O)n(-c3c(C)ccnc3C(C)C)c3nc(-c4c(F)c(F)c(F)c(F)c4F)c(Cl)cc23)C[C@H]1C.C=CC(=O)N1CCN(c2c(C#N)c(=O)n(-c3c(C)ccnc3C(C)C)c3nc(-c4c(N)c(Cl)c(F)c(Cl)c4F)c(Cl)cc23)C[C@H]1C. The minimum atomic E-state index is -2.36. The van der Waals surface area contributed by atoms with E-state index >= 15 is 13.2 Å². The van der Waals surface area contributed by atoms with E-state index in [1.807, 2.05) is 71.3 Å². The molecule has 12 aromatic rings. The number of nitriles is 3. The van der Waals surface area contributed by atoms with E-state index in [1.165, 1.54) is 51.8 Å². The van der Waals surface area contributed by atoms with Crippen LogP contribution >= 0.6 is 81.2 Å². The van der Waals surface area contributed by atoms with E-state index in [0.29, 0.717) is 57.1 Å². The second-order valence-electron chi connectivity index (χ2n) is 33.7. The fourth-order valence-electron chi connectivity index (χ4n) is 17.5. The standard InChI is InChI=1S/2C32H28Cl3F2N7O2.C32H26ClF5N6O2/c1-6-20(45)43-10-9-42(13-16(43)5)30-17-11-19(33)28(21-24(36)22(34)25(37)23(35)26(21)39)41-31(17)44(32(46)18(30)12-38)29-15(4)7-8-40-27(29)14(2)3;1-6-20(45)43-10-9-42(13-16(43)5)30-17-11-19(33)28(21-22(34)24(36)25(37)26(39)23(21)35)41-31(17)44(32(46)18(30)12-38)29-15(4)7-8-40-27(29)14(2)3;1-6-20(45)43-10-9-42(13-16(43)5)30-17-11-19(33)28(21-22(34)24(36)26(38)25(37)23(21)35)41-31(17)44(32(46)18(30)12-39)29-15(4)7-8-40-27(29)14(2)3/h2*6-8,11,14,16H,1,9-10,13,39H2,2-5H3;6-8,11,14,16H,1,9-10,13H2,2-5H3/t3*16-/m111/s1. The number of piperazine rings is 3. The van der Waals surface area contributed by atoms with E-state index in [9.17, 15) is 70.9 Å². The summed E-state index contributed by atoms with van der Waals surface area (Å²) in [7, 11) is 0. The van der Waals surface area contributed by atoms with Gasteiger partial charge in [-0.1, -0.05) is 142 Å². The largest absolute Gasteiger partial charge is 0.397 e. The average Bonchev–Trinajstić information content (AvgIpc) is 0.726. The van der Waals surface area contributed by atoms with Crippen molar-refractivity contribution in [1.29, 1.82) is 15.8 Å². The topological polar surface area (TPSA) is 337 Å². The monoisotopic (exact) mass is 2030 g/mol. The first-order chi connectivity index (χ1) is 65.2. The molecule has 42 heteroatoms. The first-order valence-electron chi connectivity index (χ1n) is 42.5. The Labute approximate surface area is 818 Å². The van der Waals surface area contributed by atoms with E-state index in [4.69, 9.17) is 103 Å². The summed E-state index contributed by atoms with van der Waals surface area (Å²) in [6, 6.07) is 14.3. The Kier molecular flexibility index (Phi) is 29.9. The van der Waals surface area contributed by atoms with Crippen LogP contribution in [-0.2, 0) is 14.4 Å². The van der Waals surface area contributed by atoms with Gasteiger partial charge in [-0.3, -0.25) is 57.4 Å². The number of rotatable bonds is 15. The van der Waals surface area contributed by atoms with Crippen LogP contribution in [0.25, 0.3) is 83.9 Å². The minimum absolute atomic E-state index is 0.00372. The summed E-state index contributed by atoms with van der Waals surface area (Å²) >= 11 is 44.7. The number of amides is 3. The molecule has 0 aliphatic carbocycles. The van der Waals surface area contributed by atoms with Crippen molar-refractivity contribution in [2.45, 2.75) is 119 Å². The van der Waals surface area contributed by atoms with E-state index in [-0.39, 0.29) is 194 Å². The van der Waals surface area contributed by atoms with Gasteiger partial charge in [0.25, 0.3) is 16.7 Å². The number of aryl methyl sites for hydroxylation is 3. The smallest absolute Gasteiger partial charge is 0.276 e. The molecule has 0 spiro atoms. The van der Waals surface area contributed by atoms with Crippen molar-refractivity contribution < 1.29 is 53.9 Å². The predicted molar refractivity (Wildman–Crippen MR) is 517 cm³/mol. The lowest BCUT2D eigenvalue weighted by atomic mass is 10.0. The first kappa shape index (κ1) is 102. The number of anilines is 5. The van der Waals surface area contributed by atoms with Crippen LogP contribution in [0.4, 0.5) is 68.0 Å². The van der Waals surface area contributed by atoms with Crippen LogP contribution in [0.2, 0.25) is 35.2 Å². The lowest BCUT2D eigenvalue weighted by Gasteiger charge is -2.41. The molecule has 3 atom stereocenters. The number of benzene rings is 3. The average molecular weight is 2030 g/mol. The molecule has 3 saturated heterocycles. The van der Waals surface area contributed by atoms with Crippen LogP contribution in [0.1, 0.15) is 131 Å². The van der Waals surface area contributed by atoms with E-state index in [2.05, 4.69) is 51.8 Å². The summed E-state index contributed by atoms with van der Waals surface area (Å²) in [5.74, 6) is -17.8. The lowest BCUT2D eigenvalue weighted by molar-refractivity contribution is -0.129. The second-order valence-corrected chi connectivity index (χ2v) is 36.4. The van der Waals surface area contributed by atoms with E-state index in [1.54, 1.807) is 77.9 Å². The zero-order valence-corrected chi connectivity index (χ0v) is 80.9. The van der Waals surface area contributed by atoms with Crippen LogP contribution < -0.4 is 42.8 Å². The van der Waals surface area contributed by atoms with Gasteiger partial charge in [0.2, 0.25) is 23.5 Å². The van der Waals surface area contributed by atoms with Gasteiger partial charge in [0, 0.05) is 117 Å². The zero-order chi connectivity index (χ0) is 101. The highest BCUT2D eigenvalue weighted by molar-refractivity contribution is 6.43. The number of hydrogen-bond acceptors (Lipinski definition) is 20. The maximum atomic E-state index is 15.6. The molecule has 0 unspecified atom stereocenters. The molecule has 138 heavy (non-hydrogen) atoms. The Morgan fingerprint density at radius 2 is 0.696 bits per heavy atom. The van der Waals surface area contributed by atoms with E-state index < -0.39 is 128 Å². The van der Waals surface area contributed by atoms with Crippen LogP contribution in [0.5, 0.6) is 0 Å². The fraction of sp³-hybridized carbons (Fsp3) is 0.281. The van der Waals surface area contributed by atoms with Gasteiger partial charge < -0.3 is 40.9 Å². The molecular formula is C96H82Cl7F9N20O6. The van der Waals surface area contributed by atoms with Crippen LogP contribution in [-0.4, -0.2) is 153 Å². The van der Waals surface area contributed by atoms with Crippen molar-refractivity contribution in [3.8, 4) is 69.0 Å². The minimum Gasteiger partial charge on any atom is -0.397 e. The Balaban J connectivity index is 0.000000175. The molecule has 0 bridgehead atoms. The summed E-state index contributed by atoms with van der Waals surface area (Å²) in [5, 5.41) is 28.6. The van der Waals surface area contributed by atoms with Crippen molar-refractivity contribution in [3.05, 3.63) is 262 Å². The number of aromatic nitrogens is 9. The van der Waals surface area contributed by atoms with Crippen molar-refractivity contribution in [3.63, 3.8) is 0 Å². The number of hydrogen-bond donors (Lipinski definition) is 2.